The van der Waals surface area contributed by atoms with Gasteiger partial charge in [-0.15, -0.1) is 6.42 Å². The van der Waals surface area contributed by atoms with Gasteiger partial charge in [-0.1, -0.05) is 24.1 Å². The molecule has 21 heavy (non-hydrogen) atoms. The van der Waals surface area contributed by atoms with E-state index in [1.807, 2.05) is 0 Å². The topological polar surface area (TPSA) is 15.3 Å². The van der Waals surface area contributed by atoms with Crippen LogP contribution in [0.1, 0.15) is 24.0 Å². The molecular weight excluding hydrogens is 277 g/mol. The Labute approximate surface area is 123 Å². The van der Waals surface area contributed by atoms with Crippen molar-refractivity contribution in [2.24, 2.45) is 0 Å². The lowest BCUT2D eigenvalue weighted by Gasteiger charge is -2.31. The second-order valence-electron chi connectivity index (χ2n) is 5.29. The van der Waals surface area contributed by atoms with Gasteiger partial charge in [-0.2, -0.15) is 13.2 Å². The molecule has 0 radical (unpaired) electrons. The van der Waals surface area contributed by atoms with Gasteiger partial charge in [0.15, 0.2) is 0 Å². The van der Waals surface area contributed by atoms with Gasteiger partial charge in [-0.05, 0) is 24.5 Å². The van der Waals surface area contributed by atoms with E-state index >= 15 is 0 Å². The van der Waals surface area contributed by atoms with Gasteiger partial charge >= 0.3 is 6.18 Å². The first kappa shape index (κ1) is 15.9. The second kappa shape index (κ2) is 6.97. The van der Waals surface area contributed by atoms with Crippen molar-refractivity contribution in [1.29, 1.82) is 0 Å². The maximum absolute atomic E-state index is 12.9. The smallest absolute Gasteiger partial charge is 0.310 e. The van der Waals surface area contributed by atoms with Gasteiger partial charge < -0.3 is 5.32 Å². The fraction of sp³-hybridized carbons (Fsp3) is 0.500. The van der Waals surface area contributed by atoms with Crippen LogP contribution in [0.3, 0.4) is 0 Å². The lowest BCUT2D eigenvalue weighted by atomic mass is 10.0. The van der Waals surface area contributed by atoms with Crippen LogP contribution in [0.25, 0.3) is 0 Å². The highest BCUT2D eigenvalue weighted by atomic mass is 19.4. The highest BCUT2D eigenvalue weighted by molar-refractivity contribution is 5.29. The van der Waals surface area contributed by atoms with E-state index in [2.05, 4.69) is 16.1 Å². The van der Waals surface area contributed by atoms with Gasteiger partial charge in [0.2, 0.25) is 0 Å². The average Bonchev–Trinajstić information content (AvgIpc) is 2.46. The van der Waals surface area contributed by atoms with E-state index in [1.54, 1.807) is 6.07 Å². The summed E-state index contributed by atoms with van der Waals surface area (Å²) in [6.07, 6.45) is 2.80. The van der Waals surface area contributed by atoms with Gasteiger partial charge in [0.25, 0.3) is 0 Å². The number of rotatable bonds is 4. The van der Waals surface area contributed by atoms with Crippen LogP contribution in [0.15, 0.2) is 24.3 Å². The number of piperidine rings is 1. The number of hydrogen-bond donors (Lipinski definition) is 1. The first-order valence-corrected chi connectivity index (χ1v) is 7.05. The molecule has 0 unspecified atom stereocenters. The molecule has 1 fully saturated rings. The fourth-order valence-corrected chi connectivity index (χ4v) is 2.63. The van der Waals surface area contributed by atoms with Crippen LogP contribution in [0.2, 0.25) is 0 Å². The monoisotopic (exact) mass is 296 g/mol. The highest BCUT2D eigenvalue weighted by Gasteiger charge is 2.32. The normalized spacial score (nSPS) is 17.6. The third-order valence-corrected chi connectivity index (χ3v) is 3.81. The predicted molar refractivity (Wildman–Crippen MR) is 76.6 cm³/mol. The number of hydrogen-bond acceptors (Lipinski definition) is 2. The molecule has 0 aliphatic carbocycles. The van der Waals surface area contributed by atoms with E-state index in [0.717, 1.165) is 32.0 Å². The van der Waals surface area contributed by atoms with E-state index in [1.165, 1.54) is 12.1 Å². The van der Waals surface area contributed by atoms with Crippen molar-refractivity contribution in [2.45, 2.75) is 31.6 Å². The van der Waals surface area contributed by atoms with Crippen LogP contribution < -0.4 is 5.32 Å². The summed E-state index contributed by atoms with van der Waals surface area (Å²) < 4.78 is 38.7. The van der Waals surface area contributed by atoms with Crippen LogP contribution >= 0.6 is 0 Å². The lowest BCUT2D eigenvalue weighted by Crippen LogP contribution is -2.42. The van der Waals surface area contributed by atoms with E-state index in [9.17, 15) is 13.2 Å². The molecule has 1 saturated heterocycles. The van der Waals surface area contributed by atoms with Crippen LogP contribution in [-0.2, 0) is 12.7 Å². The molecule has 1 aromatic rings. The van der Waals surface area contributed by atoms with Crippen molar-refractivity contribution < 1.29 is 13.2 Å². The number of benzene rings is 1. The van der Waals surface area contributed by atoms with Crippen LogP contribution in [0, 0.1) is 12.3 Å². The van der Waals surface area contributed by atoms with Crippen LogP contribution in [-0.4, -0.2) is 30.6 Å². The molecule has 1 heterocycles. The zero-order valence-corrected chi connectivity index (χ0v) is 11.8. The van der Waals surface area contributed by atoms with Gasteiger partial charge in [-0.25, -0.2) is 0 Å². The summed E-state index contributed by atoms with van der Waals surface area (Å²) in [5.41, 5.74) is -0.252. The molecule has 1 aromatic carbocycles. The van der Waals surface area contributed by atoms with Crippen LogP contribution in [0.5, 0.6) is 0 Å². The molecule has 0 spiro atoms. The maximum Gasteiger partial charge on any atom is 0.416 e. The van der Waals surface area contributed by atoms with Crippen molar-refractivity contribution >= 4 is 0 Å². The summed E-state index contributed by atoms with van der Waals surface area (Å²) in [4.78, 5) is 2.18. The SMILES string of the molecule is C#CCN1CCC(NCc2ccccc2C(F)(F)F)CC1. The Morgan fingerprint density at radius 1 is 1.24 bits per heavy atom. The number of nitrogens with one attached hydrogen (secondary N) is 1. The Hall–Kier alpha value is -1.51. The molecule has 1 aliphatic heterocycles. The maximum atomic E-state index is 12.9. The van der Waals surface area contributed by atoms with Gasteiger partial charge in [0.1, 0.15) is 0 Å². The minimum Gasteiger partial charge on any atom is -0.310 e. The highest BCUT2D eigenvalue weighted by Crippen LogP contribution is 2.31. The second-order valence-corrected chi connectivity index (χ2v) is 5.29. The Balaban J connectivity index is 1.89. The number of nitrogens with zero attached hydrogens (tertiary/aromatic N) is 1. The third kappa shape index (κ3) is 4.48. The zero-order chi connectivity index (χ0) is 15.3. The van der Waals surface area contributed by atoms with Crippen molar-refractivity contribution in [3.8, 4) is 12.3 Å². The van der Waals surface area contributed by atoms with Crippen molar-refractivity contribution in [3.05, 3.63) is 35.4 Å². The molecule has 5 heteroatoms. The van der Waals surface area contributed by atoms with Crippen LogP contribution in [0.4, 0.5) is 13.2 Å². The first-order valence-electron chi connectivity index (χ1n) is 7.05. The first-order chi connectivity index (χ1) is 10.0. The number of alkyl halides is 3. The molecule has 2 rings (SSSR count). The Kier molecular flexibility index (Phi) is 5.27. The van der Waals surface area contributed by atoms with Crippen molar-refractivity contribution in [2.75, 3.05) is 19.6 Å². The minimum absolute atomic E-state index is 0.246. The summed E-state index contributed by atoms with van der Waals surface area (Å²) in [6, 6.07) is 5.97. The Morgan fingerprint density at radius 2 is 1.90 bits per heavy atom. The van der Waals surface area contributed by atoms with E-state index in [4.69, 9.17) is 6.42 Å². The molecular formula is C16H19F3N2. The predicted octanol–water partition coefficient (Wildman–Crippen LogP) is 2.89. The van der Waals surface area contributed by atoms with Gasteiger partial charge in [0.05, 0.1) is 12.1 Å². The molecule has 0 saturated carbocycles. The molecule has 0 atom stereocenters. The summed E-state index contributed by atoms with van der Waals surface area (Å²) in [5.74, 6) is 2.61. The van der Waals surface area contributed by atoms with Gasteiger partial charge in [-0.3, -0.25) is 4.90 Å². The van der Waals surface area contributed by atoms with E-state index in [0.29, 0.717) is 12.1 Å². The van der Waals surface area contributed by atoms with E-state index < -0.39 is 11.7 Å². The van der Waals surface area contributed by atoms with E-state index in [-0.39, 0.29) is 12.6 Å². The molecule has 1 N–H and O–H groups in total. The molecule has 0 bridgehead atoms. The zero-order valence-electron chi connectivity index (χ0n) is 11.8. The third-order valence-electron chi connectivity index (χ3n) is 3.81. The minimum atomic E-state index is -4.30. The quantitative estimate of drug-likeness (QED) is 0.860. The Bertz CT molecular complexity index is 497. The molecule has 0 aromatic heterocycles. The largest absolute Gasteiger partial charge is 0.416 e. The molecule has 0 amide bonds. The van der Waals surface area contributed by atoms with Crippen molar-refractivity contribution in [3.63, 3.8) is 0 Å². The average molecular weight is 296 g/mol. The fourth-order valence-electron chi connectivity index (χ4n) is 2.63. The Morgan fingerprint density at radius 3 is 2.52 bits per heavy atom. The number of likely N-dealkylation sites (tertiary alicyclic amines) is 1. The molecule has 114 valence electrons. The van der Waals surface area contributed by atoms with Gasteiger partial charge in [0, 0.05) is 25.7 Å². The number of halogens is 3. The summed E-state index contributed by atoms with van der Waals surface area (Å²) in [5, 5.41) is 3.23. The standard InChI is InChI=1S/C16H19F3N2/c1-2-9-21-10-7-14(8-11-21)20-12-13-5-3-4-6-15(13)16(17,18)19/h1,3-6,14,20H,7-12H2. The molecule has 2 nitrogen and oxygen atoms in total. The summed E-state index contributed by atoms with van der Waals surface area (Å²) in [6.45, 7) is 2.67. The van der Waals surface area contributed by atoms with Crippen molar-refractivity contribution in [1.82, 2.24) is 10.2 Å². The molecule has 1 aliphatic rings. The lowest BCUT2D eigenvalue weighted by molar-refractivity contribution is -0.138. The summed E-state index contributed by atoms with van der Waals surface area (Å²) in [7, 11) is 0. The number of terminal acetylenes is 1. The summed E-state index contributed by atoms with van der Waals surface area (Å²) >= 11 is 0.